The fraction of sp³-hybridized carbons (Fsp3) is 0.188. The molecule has 24 heavy (non-hydrogen) atoms. The highest BCUT2D eigenvalue weighted by atomic mass is 35.5. The second-order valence-electron chi connectivity index (χ2n) is 4.96. The number of H-pyrrole nitrogens is 1. The van der Waals surface area contributed by atoms with Crippen LogP contribution >= 0.6 is 34.7 Å². The number of rotatable bonds is 7. The Morgan fingerprint density at radius 3 is 2.88 bits per heavy atom. The zero-order valence-electron chi connectivity index (χ0n) is 12.7. The Kier molecular flexibility index (Phi) is 5.90. The second kappa shape index (κ2) is 8.32. The van der Waals surface area contributed by atoms with Crippen LogP contribution in [0, 0.1) is 0 Å². The van der Waals surface area contributed by atoms with Gasteiger partial charge in [-0.3, -0.25) is 9.89 Å². The molecule has 0 radical (unpaired) electrons. The zero-order chi connectivity index (χ0) is 16.8. The van der Waals surface area contributed by atoms with Gasteiger partial charge < -0.3 is 5.32 Å². The van der Waals surface area contributed by atoms with Crippen LogP contribution in [0.3, 0.4) is 0 Å². The normalized spacial score (nSPS) is 10.7. The summed E-state index contributed by atoms with van der Waals surface area (Å²) in [5.74, 6) is 0.995. The second-order valence-corrected chi connectivity index (χ2v) is 7.29. The summed E-state index contributed by atoms with van der Waals surface area (Å²) >= 11 is 8.75. The fourth-order valence-electron chi connectivity index (χ4n) is 2.01. The first-order valence-corrected chi connectivity index (χ1v) is 9.55. The number of carbonyl (C=O) groups is 1. The van der Waals surface area contributed by atoms with Gasteiger partial charge in [-0.25, -0.2) is 4.98 Å². The quantitative estimate of drug-likeness (QED) is 0.616. The van der Waals surface area contributed by atoms with Crippen LogP contribution < -0.4 is 5.32 Å². The average molecular weight is 379 g/mol. The summed E-state index contributed by atoms with van der Waals surface area (Å²) in [5, 5.41) is 13.2. The van der Waals surface area contributed by atoms with Gasteiger partial charge in [-0.05, 0) is 35.6 Å². The van der Waals surface area contributed by atoms with Crippen molar-refractivity contribution in [2.45, 2.75) is 11.6 Å². The van der Waals surface area contributed by atoms with E-state index in [0.717, 1.165) is 22.7 Å². The molecule has 0 fully saturated rings. The Hall–Kier alpha value is -1.83. The molecule has 3 aromatic rings. The highest BCUT2D eigenvalue weighted by Crippen LogP contribution is 2.22. The van der Waals surface area contributed by atoms with Crippen LogP contribution in [0.4, 0.5) is 0 Å². The standard InChI is InChI=1S/C16H15ClN4OS2/c17-12-5-3-11(4-6-12)7-8-18-14(22)10-24-16-19-15(20-21-16)13-2-1-9-23-13/h1-6,9H,7-8,10H2,(H,18,22)(H,19,20,21). The lowest BCUT2D eigenvalue weighted by molar-refractivity contribution is -0.118. The largest absolute Gasteiger partial charge is 0.355 e. The molecule has 2 N–H and O–H groups in total. The van der Waals surface area contributed by atoms with Crippen molar-refractivity contribution in [2.24, 2.45) is 0 Å². The molecule has 0 unspecified atom stereocenters. The molecule has 0 saturated carbocycles. The van der Waals surface area contributed by atoms with Crippen LogP contribution in [0.25, 0.3) is 10.7 Å². The van der Waals surface area contributed by atoms with Crippen molar-refractivity contribution < 1.29 is 4.79 Å². The maximum atomic E-state index is 11.9. The summed E-state index contributed by atoms with van der Waals surface area (Å²) in [4.78, 5) is 17.3. The van der Waals surface area contributed by atoms with Gasteiger partial charge in [-0.2, -0.15) is 0 Å². The van der Waals surface area contributed by atoms with Gasteiger partial charge in [0.25, 0.3) is 0 Å². The molecular weight excluding hydrogens is 364 g/mol. The highest BCUT2D eigenvalue weighted by Gasteiger charge is 2.09. The van der Waals surface area contributed by atoms with Crippen molar-refractivity contribution in [3.05, 3.63) is 52.4 Å². The van der Waals surface area contributed by atoms with E-state index in [-0.39, 0.29) is 5.91 Å². The van der Waals surface area contributed by atoms with Gasteiger partial charge in [0.05, 0.1) is 10.6 Å². The number of thioether (sulfide) groups is 1. The zero-order valence-corrected chi connectivity index (χ0v) is 15.0. The van der Waals surface area contributed by atoms with Crippen molar-refractivity contribution in [1.82, 2.24) is 20.5 Å². The molecule has 3 rings (SSSR count). The number of thiophene rings is 1. The molecule has 5 nitrogen and oxygen atoms in total. The lowest BCUT2D eigenvalue weighted by Gasteiger charge is -2.04. The lowest BCUT2D eigenvalue weighted by atomic mass is 10.1. The molecule has 2 aromatic heterocycles. The van der Waals surface area contributed by atoms with Crippen LogP contribution in [-0.4, -0.2) is 33.4 Å². The van der Waals surface area contributed by atoms with Crippen molar-refractivity contribution in [1.29, 1.82) is 0 Å². The monoisotopic (exact) mass is 378 g/mol. The number of carbonyl (C=O) groups excluding carboxylic acids is 1. The molecule has 0 aliphatic rings. The Balaban J connectivity index is 1.40. The van der Waals surface area contributed by atoms with Gasteiger partial charge in [0.15, 0.2) is 5.82 Å². The Morgan fingerprint density at radius 2 is 2.12 bits per heavy atom. The van der Waals surface area contributed by atoms with Crippen molar-refractivity contribution in [2.75, 3.05) is 12.3 Å². The number of benzene rings is 1. The molecule has 1 amide bonds. The number of amides is 1. The van der Waals surface area contributed by atoms with Gasteiger partial charge >= 0.3 is 0 Å². The summed E-state index contributed by atoms with van der Waals surface area (Å²) < 4.78 is 0. The minimum absolute atomic E-state index is 0.0311. The highest BCUT2D eigenvalue weighted by molar-refractivity contribution is 7.99. The van der Waals surface area contributed by atoms with Gasteiger partial charge in [0, 0.05) is 11.6 Å². The van der Waals surface area contributed by atoms with Crippen molar-refractivity contribution in [3.63, 3.8) is 0 Å². The Morgan fingerprint density at radius 1 is 1.29 bits per heavy atom. The minimum atomic E-state index is -0.0311. The van der Waals surface area contributed by atoms with Crippen LogP contribution in [0.2, 0.25) is 5.02 Å². The van der Waals surface area contributed by atoms with E-state index in [1.807, 2.05) is 41.8 Å². The smallest absolute Gasteiger partial charge is 0.230 e. The van der Waals surface area contributed by atoms with E-state index < -0.39 is 0 Å². The molecule has 8 heteroatoms. The SMILES string of the molecule is O=C(CSc1n[nH]c(-c2cccs2)n1)NCCc1ccc(Cl)cc1. The van der Waals surface area contributed by atoms with Crippen LogP contribution in [0.15, 0.2) is 46.9 Å². The third-order valence-corrected chi connectivity index (χ3v) is 5.18. The number of nitrogens with zero attached hydrogens (tertiary/aromatic N) is 2. The number of halogens is 1. The fourth-order valence-corrected chi connectivity index (χ4v) is 3.43. The van der Waals surface area contributed by atoms with E-state index in [0.29, 0.717) is 22.5 Å². The predicted octanol–water partition coefficient (Wildman–Crippen LogP) is 3.64. The molecule has 0 atom stereocenters. The van der Waals surface area contributed by atoms with Crippen molar-refractivity contribution >= 4 is 40.6 Å². The lowest BCUT2D eigenvalue weighted by Crippen LogP contribution is -2.27. The summed E-state index contributed by atoms with van der Waals surface area (Å²) in [6, 6.07) is 11.6. The number of nitrogens with one attached hydrogen (secondary N) is 2. The Bertz CT molecular complexity index is 787. The van der Waals surface area contributed by atoms with E-state index >= 15 is 0 Å². The van der Waals surface area contributed by atoms with Crippen LogP contribution in [0.1, 0.15) is 5.56 Å². The maximum Gasteiger partial charge on any atom is 0.230 e. The first kappa shape index (κ1) is 17.0. The summed E-state index contributed by atoms with van der Waals surface area (Å²) in [6.07, 6.45) is 0.775. The summed E-state index contributed by atoms with van der Waals surface area (Å²) in [6.45, 7) is 0.593. The first-order chi connectivity index (χ1) is 11.7. The molecule has 0 spiro atoms. The average Bonchev–Trinajstić information content (AvgIpc) is 3.26. The number of hydrogen-bond donors (Lipinski definition) is 2. The Labute approximate surface area is 152 Å². The van der Waals surface area contributed by atoms with Crippen molar-refractivity contribution in [3.8, 4) is 10.7 Å². The van der Waals surface area contributed by atoms with Crippen LogP contribution in [-0.2, 0) is 11.2 Å². The van der Waals surface area contributed by atoms with Gasteiger partial charge in [0.2, 0.25) is 11.1 Å². The molecule has 0 aliphatic carbocycles. The van der Waals surface area contributed by atoms with E-state index in [1.165, 1.54) is 11.8 Å². The van der Waals surface area contributed by atoms with E-state index in [4.69, 9.17) is 11.6 Å². The maximum absolute atomic E-state index is 11.9. The minimum Gasteiger partial charge on any atom is -0.355 e. The molecule has 1 aromatic carbocycles. The third kappa shape index (κ3) is 4.83. The summed E-state index contributed by atoms with van der Waals surface area (Å²) in [5.41, 5.74) is 1.14. The van der Waals surface area contributed by atoms with E-state index in [1.54, 1.807) is 11.3 Å². The topological polar surface area (TPSA) is 70.7 Å². The molecular formula is C16H15ClN4OS2. The molecule has 2 heterocycles. The van der Waals surface area contributed by atoms with Crippen LogP contribution in [0.5, 0.6) is 0 Å². The molecule has 0 aliphatic heterocycles. The summed E-state index contributed by atoms with van der Waals surface area (Å²) in [7, 11) is 0. The third-order valence-electron chi connectivity index (χ3n) is 3.20. The molecule has 0 bridgehead atoms. The number of aromatic nitrogens is 3. The molecule has 124 valence electrons. The van der Waals surface area contributed by atoms with Gasteiger partial charge in [0.1, 0.15) is 0 Å². The van der Waals surface area contributed by atoms with Gasteiger partial charge in [-0.1, -0.05) is 41.6 Å². The number of hydrogen-bond acceptors (Lipinski definition) is 5. The first-order valence-electron chi connectivity index (χ1n) is 7.31. The van der Waals surface area contributed by atoms with E-state index in [2.05, 4.69) is 20.5 Å². The van der Waals surface area contributed by atoms with Gasteiger partial charge in [-0.15, -0.1) is 16.4 Å². The number of aromatic amines is 1. The van der Waals surface area contributed by atoms with E-state index in [9.17, 15) is 4.79 Å². The molecule has 0 saturated heterocycles. The predicted molar refractivity (Wildman–Crippen MR) is 98.6 cm³/mol.